The van der Waals surface area contributed by atoms with Gasteiger partial charge in [0, 0.05) is 13.0 Å². The van der Waals surface area contributed by atoms with Gasteiger partial charge in [-0.2, -0.15) is 11.8 Å². The van der Waals surface area contributed by atoms with Gasteiger partial charge in [-0.15, -0.1) is 0 Å². The molecule has 1 atom stereocenters. The summed E-state index contributed by atoms with van der Waals surface area (Å²) in [6.07, 6.45) is 4.14. The van der Waals surface area contributed by atoms with Gasteiger partial charge in [0.05, 0.1) is 0 Å². The molecule has 0 bridgehead atoms. The second-order valence-electron chi connectivity index (χ2n) is 5.77. The summed E-state index contributed by atoms with van der Waals surface area (Å²) in [6, 6.07) is 6.51. The first kappa shape index (κ1) is 13.3. The Hall–Kier alpha value is -0.670. The van der Waals surface area contributed by atoms with E-state index < -0.39 is 0 Å². The largest absolute Gasteiger partial charge is 0.488 e. The van der Waals surface area contributed by atoms with Crippen molar-refractivity contribution in [2.24, 2.45) is 5.92 Å². The molecule has 2 aliphatic rings. The Kier molecular flexibility index (Phi) is 4.34. The summed E-state index contributed by atoms with van der Waals surface area (Å²) in [6.45, 7) is 4.29. The zero-order valence-electron chi connectivity index (χ0n) is 11.7. The number of aryl methyl sites for hydroxylation is 1. The Balaban J connectivity index is 1.43. The van der Waals surface area contributed by atoms with Gasteiger partial charge in [-0.25, -0.2) is 0 Å². The van der Waals surface area contributed by atoms with Crippen LogP contribution in [0.2, 0.25) is 0 Å². The predicted molar refractivity (Wildman–Crippen MR) is 82.2 cm³/mol. The van der Waals surface area contributed by atoms with Crippen LogP contribution in [0.1, 0.15) is 24.0 Å². The summed E-state index contributed by atoms with van der Waals surface area (Å²) in [4.78, 5) is 0. The van der Waals surface area contributed by atoms with E-state index >= 15 is 0 Å². The number of rotatable bonds is 4. The topological polar surface area (TPSA) is 21.3 Å². The fraction of sp³-hybridized carbons (Fsp3) is 0.625. The van der Waals surface area contributed by atoms with E-state index in [0.29, 0.717) is 6.10 Å². The van der Waals surface area contributed by atoms with E-state index in [2.05, 4.69) is 42.2 Å². The molecule has 0 radical (unpaired) electrons. The highest BCUT2D eigenvalue weighted by molar-refractivity contribution is 7.99. The van der Waals surface area contributed by atoms with E-state index in [-0.39, 0.29) is 0 Å². The van der Waals surface area contributed by atoms with Gasteiger partial charge in [-0.05, 0) is 55.4 Å². The van der Waals surface area contributed by atoms with E-state index in [1.54, 1.807) is 0 Å². The molecular weight excluding hydrogens is 254 g/mol. The van der Waals surface area contributed by atoms with E-state index in [4.69, 9.17) is 4.74 Å². The van der Waals surface area contributed by atoms with Crippen molar-refractivity contribution in [3.8, 4) is 5.75 Å². The van der Waals surface area contributed by atoms with Gasteiger partial charge in [-0.3, -0.25) is 0 Å². The highest BCUT2D eigenvalue weighted by Gasteiger charge is 2.22. The summed E-state index contributed by atoms with van der Waals surface area (Å²) in [7, 11) is 0. The lowest BCUT2D eigenvalue weighted by Gasteiger charge is -2.22. The van der Waals surface area contributed by atoms with Crippen molar-refractivity contribution in [3.05, 3.63) is 29.3 Å². The first-order valence-corrected chi connectivity index (χ1v) is 8.51. The predicted octanol–water partition coefficient (Wildman–Crippen LogP) is 3.03. The first-order chi connectivity index (χ1) is 9.31. The van der Waals surface area contributed by atoms with Gasteiger partial charge in [0.1, 0.15) is 11.9 Å². The molecule has 1 unspecified atom stereocenters. The van der Waals surface area contributed by atoms with Gasteiger partial charge >= 0.3 is 0 Å². The zero-order valence-corrected chi connectivity index (χ0v) is 12.5. The Bertz CT molecular complexity index is 429. The van der Waals surface area contributed by atoms with Crippen molar-refractivity contribution >= 4 is 11.8 Å². The average molecular weight is 277 g/mol. The second kappa shape index (κ2) is 6.19. The fourth-order valence-corrected chi connectivity index (χ4v) is 4.17. The third kappa shape index (κ3) is 3.46. The van der Waals surface area contributed by atoms with Crippen LogP contribution in [0, 0.1) is 12.8 Å². The number of hydrogen-bond acceptors (Lipinski definition) is 3. The number of fused-ring (bicyclic) bond motifs is 1. The molecule has 1 aromatic rings. The first-order valence-electron chi connectivity index (χ1n) is 7.36. The standard InChI is InChI=1S/C16H23NOS/c1-12-2-3-16-14(8-12)9-15(18-16)11-17-10-13-4-6-19-7-5-13/h2-3,8,13,15,17H,4-7,9-11H2,1H3. The van der Waals surface area contributed by atoms with Crippen LogP contribution in [0.3, 0.4) is 0 Å². The normalized spacial score (nSPS) is 23.1. The molecule has 3 rings (SSSR count). The maximum Gasteiger partial charge on any atom is 0.123 e. The number of nitrogens with one attached hydrogen (secondary N) is 1. The quantitative estimate of drug-likeness (QED) is 0.914. The highest BCUT2D eigenvalue weighted by Crippen LogP contribution is 2.29. The summed E-state index contributed by atoms with van der Waals surface area (Å²) in [5, 5.41) is 3.61. The molecule has 1 fully saturated rings. The van der Waals surface area contributed by atoms with Crippen LogP contribution in [-0.2, 0) is 6.42 Å². The molecule has 2 nitrogen and oxygen atoms in total. The second-order valence-corrected chi connectivity index (χ2v) is 6.99. The molecule has 0 saturated carbocycles. The minimum atomic E-state index is 0.328. The summed E-state index contributed by atoms with van der Waals surface area (Å²) >= 11 is 2.10. The molecule has 0 spiro atoms. The molecule has 0 aliphatic carbocycles. The Morgan fingerprint density at radius 2 is 2.11 bits per heavy atom. The van der Waals surface area contributed by atoms with E-state index in [1.807, 2.05) is 0 Å². The monoisotopic (exact) mass is 277 g/mol. The SMILES string of the molecule is Cc1ccc2c(c1)CC(CNCC1CCSCC1)O2. The molecule has 1 aromatic carbocycles. The van der Waals surface area contributed by atoms with Crippen LogP contribution in [0.5, 0.6) is 5.75 Å². The third-order valence-corrected chi connectivity index (χ3v) is 5.15. The maximum absolute atomic E-state index is 5.98. The minimum absolute atomic E-state index is 0.328. The van der Waals surface area contributed by atoms with Crippen molar-refractivity contribution < 1.29 is 4.74 Å². The number of hydrogen-bond donors (Lipinski definition) is 1. The van der Waals surface area contributed by atoms with Gasteiger partial charge in [0.15, 0.2) is 0 Å². The van der Waals surface area contributed by atoms with Crippen molar-refractivity contribution in [1.82, 2.24) is 5.32 Å². The van der Waals surface area contributed by atoms with Crippen LogP contribution < -0.4 is 10.1 Å². The van der Waals surface area contributed by atoms with Crippen molar-refractivity contribution in [2.75, 3.05) is 24.6 Å². The van der Waals surface area contributed by atoms with Crippen molar-refractivity contribution in [2.45, 2.75) is 32.3 Å². The molecule has 2 heterocycles. The fourth-order valence-electron chi connectivity index (χ4n) is 2.96. The summed E-state index contributed by atoms with van der Waals surface area (Å²) in [5.41, 5.74) is 2.71. The highest BCUT2D eigenvalue weighted by atomic mass is 32.2. The van der Waals surface area contributed by atoms with Crippen LogP contribution >= 0.6 is 11.8 Å². The molecule has 0 aromatic heterocycles. The molecule has 0 amide bonds. The number of thioether (sulfide) groups is 1. The minimum Gasteiger partial charge on any atom is -0.488 e. The number of ether oxygens (including phenoxy) is 1. The summed E-state index contributed by atoms with van der Waals surface area (Å²) < 4.78 is 5.98. The molecule has 1 saturated heterocycles. The van der Waals surface area contributed by atoms with E-state index in [9.17, 15) is 0 Å². The van der Waals surface area contributed by atoms with Crippen LogP contribution in [0.15, 0.2) is 18.2 Å². The van der Waals surface area contributed by atoms with E-state index in [1.165, 1.54) is 35.5 Å². The molecule has 1 N–H and O–H groups in total. The zero-order chi connectivity index (χ0) is 13.1. The maximum atomic E-state index is 5.98. The molecule has 104 valence electrons. The third-order valence-electron chi connectivity index (χ3n) is 4.10. The molecule has 2 aliphatic heterocycles. The van der Waals surface area contributed by atoms with Crippen molar-refractivity contribution in [3.63, 3.8) is 0 Å². The Morgan fingerprint density at radius 3 is 2.95 bits per heavy atom. The van der Waals surface area contributed by atoms with Gasteiger partial charge in [0.2, 0.25) is 0 Å². The van der Waals surface area contributed by atoms with Crippen LogP contribution in [0.25, 0.3) is 0 Å². The van der Waals surface area contributed by atoms with Gasteiger partial charge < -0.3 is 10.1 Å². The lowest BCUT2D eigenvalue weighted by atomic mass is 10.0. The Morgan fingerprint density at radius 1 is 1.26 bits per heavy atom. The lowest BCUT2D eigenvalue weighted by molar-refractivity contribution is 0.224. The van der Waals surface area contributed by atoms with Gasteiger partial charge in [0.25, 0.3) is 0 Å². The van der Waals surface area contributed by atoms with Crippen molar-refractivity contribution in [1.29, 1.82) is 0 Å². The molecule has 3 heteroatoms. The average Bonchev–Trinajstić information content (AvgIpc) is 2.82. The van der Waals surface area contributed by atoms with Crippen LogP contribution in [-0.4, -0.2) is 30.7 Å². The van der Waals surface area contributed by atoms with E-state index in [0.717, 1.165) is 31.2 Å². The lowest BCUT2D eigenvalue weighted by Crippen LogP contribution is -2.34. The molecular formula is C16H23NOS. The van der Waals surface area contributed by atoms with Gasteiger partial charge in [-0.1, -0.05) is 17.7 Å². The molecule has 19 heavy (non-hydrogen) atoms. The summed E-state index contributed by atoms with van der Waals surface area (Å²) in [5.74, 6) is 4.66. The smallest absolute Gasteiger partial charge is 0.123 e. The number of benzene rings is 1. The van der Waals surface area contributed by atoms with Crippen LogP contribution in [0.4, 0.5) is 0 Å². The Labute approximate surface area is 120 Å².